The molecule has 5 nitrogen and oxygen atoms in total. The highest BCUT2D eigenvalue weighted by Gasteiger charge is 2.33. The first kappa shape index (κ1) is 12.9. The third kappa shape index (κ3) is 3.01. The molecule has 0 saturated carbocycles. The largest absolute Gasteiger partial charge is 0.433 e. The van der Waals surface area contributed by atoms with Crippen molar-refractivity contribution in [2.75, 3.05) is 5.32 Å². The molecule has 98 valence electrons. The molecular weight excluding hydrogens is 261 g/mol. The summed E-state index contributed by atoms with van der Waals surface area (Å²) < 4.78 is 42.1. The van der Waals surface area contributed by atoms with Gasteiger partial charge in [-0.2, -0.15) is 18.4 Å². The van der Waals surface area contributed by atoms with Crippen molar-refractivity contribution in [3.8, 4) is 6.07 Å². The van der Waals surface area contributed by atoms with Gasteiger partial charge in [0, 0.05) is 6.07 Å². The number of rotatable bonds is 3. The number of halogens is 3. The standard InChI is InChI=1S/C11H7F3N4O/c12-11(13,14)9-2-1-7(5-15)10(17-9)16-6-8-3-4-19-18-8/h1-4H,6H2,(H,16,17). The van der Waals surface area contributed by atoms with Crippen LogP contribution >= 0.6 is 0 Å². The van der Waals surface area contributed by atoms with E-state index in [4.69, 9.17) is 5.26 Å². The van der Waals surface area contributed by atoms with Crippen LogP contribution in [-0.2, 0) is 12.7 Å². The van der Waals surface area contributed by atoms with Gasteiger partial charge in [-0.3, -0.25) is 0 Å². The summed E-state index contributed by atoms with van der Waals surface area (Å²) in [5.41, 5.74) is -0.547. The maximum Gasteiger partial charge on any atom is 0.433 e. The molecule has 0 saturated heterocycles. The van der Waals surface area contributed by atoms with Crippen LogP contribution in [0.5, 0.6) is 0 Å². The zero-order chi connectivity index (χ0) is 13.9. The number of pyridine rings is 1. The molecule has 0 spiro atoms. The van der Waals surface area contributed by atoms with Crippen LogP contribution in [-0.4, -0.2) is 10.1 Å². The van der Waals surface area contributed by atoms with E-state index < -0.39 is 11.9 Å². The van der Waals surface area contributed by atoms with E-state index in [0.29, 0.717) is 5.69 Å². The number of nitrogens with zero attached hydrogens (tertiary/aromatic N) is 3. The van der Waals surface area contributed by atoms with Gasteiger partial charge < -0.3 is 9.84 Å². The fraction of sp³-hybridized carbons (Fsp3) is 0.182. The molecule has 19 heavy (non-hydrogen) atoms. The third-order valence-electron chi connectivity index (χ3n) is 2.23. The van der Waals surface area contributed by atoms with Gasteiger partial charge >= 0.3 is 6.18 Å². The summed E-state index contributed by atoms with van der Waals surface area (Å²) in [6.07, 6.45) is -3.22. The van der Waals surface area contributed by atoms with Gasteiger partial charge in [-0.1, -0.05) is 5.16 Å². The molecule has 0 amide bonds. The van der Waals surface area contributed by atoms with Gasteiger partial charge in [0.1, 0.15) is 29.5 Å². The number of anilines is 1. The Morgan fingerprint density at radius 3 is 2.68 bits per heavy atom. The summed E-state index contributed by atoms with van der Waals surface area (Å²) in [6, 6.07) is 5.15. The van der Waals surface area contributed by atoms with Crippen molar-refractivity contribution < 1.29 is 17.7 Å². The van der Waals surface area contributed by atoms with Crippen molar-refractivity contribution in [1.29, 1.82) is 5.26 Å². The van der Waals surface area contributed by atoms with Crippen molar-refractivity contribution in [1.82, 2.24) is 10.1 Å². The molecule has 0 radical (unpaired) electrons. The minimum Gasteiger partial charge on any atom is -0.364 e. The van der Waals surface area contributed by atoms with Gasteiger partial charge in [0.25, 0.3) is 0 Å². The summed E-state index contributed by atoms with van der Waals surface area (Å²) in [7, 11) is 0. The summed E-state index contributed by atoms with van der Waals surface area (Å²) in [5, 5.41) is 15.0. The second-order valence-electron chi connectivity index (χ2n) is 3.55. The number of hydrogen-bond donors (Lipinski definition) is 1. The zero-order valence-electron chi connectivity index (χ0n) is 9.40. The molecule has 0 aromatic carbocycles. The van der Waals surface area contributed by atoms with Crippen molar-refractivity contribution >= 4 is 5.82 Å². The van der Waals surface area contributed by atoms with Gasteiger partial charge in [0.2, 0.25) is 0 Å². The summed E-state index contributed by atoms with van der Waals surface area (Å²) in [5.74, 6) is -0.139. The van der Waals surface area contributed by atoms with Gasteiger partial charge in [-0.25, -0.2) is 4.98 Å². The Morgan fingerprint density at radius 2 is 2.11 bits per heavy atom. The number of alkyl halides is 3. The second kappa shape index (κ2) is 4.97. The molecule has 0 aliphatic carbocycles. The van der Waals surface area contributed by atoms with Crippen LogP contribution in [0.15, 0.2) is 29.0 Å². The molecule has 0 atom stereocenters. The smallest absolute Gasteiger partial charge is 0.364 e. The lowest BCUT2D eigenvalue weighted by Crippen LogP contribution is -2.11. The predicted octanol–water partition coefficient (Wildman–Crippen LogP) is 2.57. The average molecular weight is 268 g/mol. The highest BCUT2D eigenvalue weighted by atomic mass is 19.4. The Bertz CT molecular complexity index is 601. The van der Waals surface area contributed by atoms with E-state index in [2.05, 4.69) is 20.0 Å². The van der Waals surface area contributed by atoms with Gasteiger partial charge in [-0.05, 0) is 12.1 Å². The van der Waals surface area contributed by atoms with Crippen molar-refractivity contribution in [3.63, 3.8) is 0 Å². The van der Waals surface area contributed by atoms with E-state index >= 15 is 0 Å². The van der Waals surface area contributed by atoms with E-state index in [0.717, 1.165) is 12.1 Å². The van der Waals surface area contributed by atoms with E-state index in [9.17, 15) is 13.2 Å². The van der Waals surface area contributed by atoms with Crippen molar-refractivity contribution in [3.05, 3.63) is 41.4 Å². The predicted molar refractivity (Wildman–Crippen MR) is 57.8 cm³/mol. The van der Waals surface area contributed by atoms with Crippen LogP contribution in [0.1, 0.15) is 17.0 Å². The Morgan fingerprint density at radius 1 is 1.32 bits per heavy atom. The van der Waals surface area contributed by atoms with E-state index in [1.54, 1.807) is 12.1 Å². The first-order valence-corrected chi connectivity index (χ1v) is 5.12. The van der Waals surface area contributed by atoms with Crippen molar-refractivity contribution in [2.24, 2.45) is 0 Å². The molecule has 2 heterocycles. The van der Waals surface area contributed by atoms with E-state index in [-0.39, 0.29) is 17.9 Å². The highest BCUT2D eigenvalue weighted by Crippen LogP contribution is 2.29. The maximum absolute atomic E-state index is 12.5. The van der Waals surface area contributed by atoms with Gasteiger partial charge in [0.15, 0.2) is 0 Å². The van der Waals surface area contributed by atoms with Crippen LogP contribution < -0.4 is 5.32 Å². The Balaban J connectivity index is 2.24. The highest BCUT2D eigenvalue weighted by molar-refractivity contribution is 5.52. The molecule has 2 rings (SSSR count). The number of hydrogen-bond acceptors (Lipinski definition) is 5. The summed E-state index contributed by atoms with van der Waals surface area (Å²) in [6.45, 7) is 0.111. The second-order valence-corrected chi connectivity index (χ2v) is 3.55. The minimum absolute atomic E-state index is 0.0245. The lowest BCUT2D eigenvalue weighted by molar-refractivity contribution is -0.141. The lowest BCUT2D eigenvalue weighted by atomic mass is 10.2. The van der Waals surface area contributed by atoms with Crippen LogP contribution in [0, 0.1) is 11.3 Å². The lowest BCUT2D eigenvalue weighted by Gasteiger charge is -2.10. The molecule has 0 fully saturated rings. The summed E-state index contributed by atoms with van der Waals surface area (Å²) in [4.78, 5) is 3.40. The molecule has 1 N–H and O–H groups in total. The van der Waals surface area contributed by atoms with E-state index in [1.165, 1.54) is 6.26 Å². The third-order valence-corrected chi connectivity index (χ3v) is 2.23. The fourth-order valence-corrected chi connectivity index (χ4v) is 1.35. The van der Waals surface area contributed by atoms with Crippen LogP contribution in [0.3, 0.4) is 0 Å². The number of aromatic nitrogens is 2. The normalized spacial score (nSPS) is 11.1. The number of nitrogens with one attached hydrogen (secondary N) is 1. The number of nitriles is 1. The van der Waals surface area contributed by atoms with Crippen LogP contribution in [0.4, 0.5) is 19.0 Å². The molecule has 0 unspecified atom stereocenters. The maximum atomic E-state index is 12.5. The molecule has 0 aliphatic rings. The van der Waals surface area contributed by atoms with Crippen molar-refractivity contribution in [2.45, 2.75) is 12.7 Å². The first-order chi connectivity index (χ1) is 9.00. The molecule has 2 aromatic heterocycles. The quantitative estimate of drug-likeness (QED) is 0.925. The minimum atomic E-state index is -4.56. The molecule has 2 aromatic rings. The SMILES string of the molecule is N#Cc1ccc(C(F)(F)F)nc1NCc1ccon1. The Kier molecular flexibility index (Phi) is 3.37. The molecule has 8 heteroatoms. The molecular formula is C11H7F3N4O. The van der Waals surface area contributed by atoms with Gasteiger partial charge in [0.05, 0.1) is 12.1 Å². The van der Waals surface area contributed by atoms with Crippen LogP contribution in [0.25, 0.3) is 0 Å². The Labute approximate surface area is 105 Å². The van der Waals surface area contributed by atoms with Crippen LogP contribution in [0.2, 0.25) is 0 Å². The summed E-state index contributed by atoms with van der Waals surface area (Å²) >= 11 is 0. The van der Waals surface area contributed by atoms with E-state index in [1.807, 2.05) is 0 Å². The Hall–Kier alpha value is -2.56. The molecule has 0 bridgehead atoms. The molecule has 0 aliphatic heterocycles. The zero-order valence-corrected chi connectivity index (χ0v) is 9.40. The first-order valence-electron chi connectivity index (χ1n) is 5.12. The average Bonchev–Trinajstić information content (AvgIpc) is 2.88. The topological polar surface area (TPSA) is 74.7 Å². The monoisotopic (exact) mass is 268 g/mol. The van der Waals surface area contributed by atoms with Gasteiger partial charge in [-0.15, -0.1) is 0 Å². The fourth-order valence-electron chi connectivity index (χ4n) is 1.35.